The van der Waals surface area contributed by atoms with Crippen molar-refractivity contribution >= 4 is 51.9 Å². The van der Waals surface area contributed by atoms with Crippen LogP contribution in [0.25, 0.3) is 6.08 Å². The average molecular weight is 521 g/mol. The van der Waals surface area contributed by atoms with Gasteiger partial charge in [-0.1, -0.05) is 66.4 Å². The molecule has 1 heterocycles. The molecule has 0 spiro atoms. The minimum Gasteiger partial charge on any atom is -0.490 e. The van der Waals surface area contributed by atoms with Crippen LogP contribution < -0.4 is 9.47 Å². The van der Waals surface area contributed by atoms with Crippen LogP contribution in [0.15, 0.2) is 77.7 Å². The van der Waals surface area contributed by atoms with Crippen molar-refractivity contribution in [2.45, 2.75) is 13.5 Å². The highest BCUT2D eigenvalue weighted by molar-refractivity contribution is 8.26. The van der Waals surface area contributed by atoms with Gasteiger partial charge in [0.2, 0.25) is 0 Å². The molecule has 182 valence electrons. The molecule has 1 aliphatic rings. The van der Waals surface area contributed by atoms with Crippen LogP contribution in [-0.2, 0) is 11.3 Å². The van der Waals surface area contributed by atoms with Crippen molar-refractivity contribution in [1.29, 1.82) is 0 Å². The molecule has 3 aromatic rings. The molecule has 1 fully saturated rings. The quantitative estimate of drug-likeness (QED) is 0.0943. The summed E-state index contributed by atoms with van der Waals surface area (Å²) in [5.74, 6) is -0.492. The Balaban J connectivity index is 1.54. The van der Waals surface area contributed by atoms with Crippen LogP contribution >= 0.6 is 24.0 Å². The summed E-state index contributed by atoms with van der Waals surface area (Å²) in [6, 6.07) is 19.8. The molecule has 0 bridgehead atoms. The van der Waals surface area contributed by atoms with Gasteiger partial charge in [0.25, 0.3) is 11.6 Å². The fraction of sp³-hybridized carbons (Fsp3) is 0.115. The summed E-state index contributed by atoms with van der Waals surface area (Å²) in [6.45, 7) is 2.48. The smallest absolute Gasteiger partial charge is 0.343 e. The Morgan fingerprint density at radius 3 is 2.58 bits per heavy atom. The van der Waals surface area contributed by atoms with Gasteiger partial charge < -0.3 is 9.47 Å². The second-order valence-electron chi connectivity index (χ2n) is 7.59. The molecule has 0 unspecified atom stereocenters. The van der Waals surface area contributed by atoms with Crippen molar-refractivity contribution in [2.24, 2.45) is 0 Å². The SMILES string of the molecule is CCOc1cc(C=C2SC(=S)N(Cc3ccccc3)C2=O)ccc1OC(=O)c1cccc([N+](=O)[O-])c1. The van der Waals surface area contributed by atoms with Gasteiger partial charge in [0, 0.05) is 12.1 Å². The van der Waals surface area contributed by atoms with Gasteiger partial charge in [-0.3, -0.25) is 19.8 Å². The van der Waals surface area contributed by atoms with E-state index < -0.39 is 10.9 Å². The van der Waals surface area contributed by atoms with E-state index in [4.69, 9.17) is 21.7 Å². The molecular weight excluding hydrogens is 500 g/mol. The van der Waals surface area contributed by atoms with Gasteiger partial charge in [-0.05, 0) is 42.3 Å². The fourth-order valence-electron chi connectivity index (χ4n) is 3.43. The van der Waals surface area contributed by atoms with Crippen molar-refractivity contribution in [1.82, 2.24) is 4.90 Å². The van der Waals surface area contributed by atoms with E-state index >= 15 is 0 Å². The summed E-state index contributed by atoms with van der Waals surface area (Å²) in [7, 11) is 0. The van der Waals surface area contributed by atoms with Crippen LogP contribution in [-0.4, -0.2) is 32.6 Å². The van der Waals surface area contributed by atoms with Gasteiger partial charge in [0.1, 0.15) is 4.32 Å². The van der Waals surface area contributed by atoms with E-state index in [9.17, 15) is 19.7 Å². The molecule has 0 radical (unpaired) electrons. The topological polar surface area (TPSA) is 99.0 Å². The van der Waals surface area contributed by atoms with Crippen molar-refractivity contribution in [2.75, 3.05) is 6.61 Å². The van der Waals surface area contributed by atoms with Crippen LogP contribution in [0, 0.1) is 10.1 Å². The molecule has 0 aromatic heterocycles. The first-order valence-electron chi connectivity index (χ1n) is 10.9. The number of hydrogen-bond acceptors (Lipinski definition) is 8. The maximum Gasteiger partial charge on any atom is 0.343 e. The van der Waals surface area contributed by atoms with E-state index in [2.05, 4.69) is 0 Å². The molecule has 1 aliphatic heterocycles. The Labute approximate surface area is 216 Å². The number of nitro benzene ring substituents is 1. The first-order chi connectivity index (χ1) is 17.4. The van der Waals surface area contributed by atoms with Crippen molar-refractivity contribution in [3.63, 3.8) is 0 Å². The van der Waals surface area contributed by atoms with Crippen molar-refractivity contribution < 1.29 is 24.0 Å². The number of amides is 1. The molecule has 4 rings (SSSR count). The summed E-state index contributed by atoms with van der Waals surface area (Å²) < 4.78 is 11.6. The van der Waals surface area contributed by atoms with Gasteiger partial charge in [-0.25, -0.2) is 4.79 Å². The number of esters is 1. The van der Waals surface area contributed by atoms with Crippen LogP contribution in [0.2, 0.25) is 0 Å². The monoisotopic (exact) mass is 520 g/mol. The van der Waals surface area contributed by atoms with E-state index in [1.807, 2.05) is 30.3 Å². The molecule has 0 atom stereocenters. The lowest BCUT2D eigenvalue weighted by molar-refractivity contribution is -0.384. The largest absolute Gasteiger partial charge is 0.490 e. The van der Waals surface area contributed by atoms with Crippen LogP contribution in [0.3, 0.4) is 0 Å². The van der Waals surface area contributed by atoms with Gasteiger partial charge >= 0.3 is 5.97 Å². The van der Waals surface area contributed by atoms with Gasteiger partial charge in [-0.15, -0.1) is 0 Å². The van der Waals surface area contributed by atoms with E-state index in [-0.39, 0.29) is 22.9 Å². The van der Waals surface area contributed by atoms with Crippen LogP contribution in [0.5, 0.6) is 11.5 Å². The Kier molecular flexibility index (Phi) is 7.77. The molecule has 10 heteroatoms. The molecule has 3 aromatic carbocycles. The molecule has 0 N–H and O–H groups in total. The maximum atomic E-state index is 13.0. The standard InChI is InChI=1S/C26H20N2O6S2/c1-2-33-22-13-18(11-12-21(22)34-25(30)19-9-6-10-20(15-19)28(31)32)14-23-24(29)27(26(35)36-23)16-17-7-4-3-5-8-17/h3-15H,2,16H2,1H3. The van der Waals surface area contributed by atoms with E-state index in [0.29, 0.717) is 33.7 Å². The minimum absolute atomic E-state index is 0.0396. The van der Waals surface area contributed by atoms with Crippen LogP contribution in [0.1, 0.15) is 28.4 Å². The number of rotatable bonds is 8. The van der Waals surface area contributed by atoms with E-state index in [1.54, 1.807) is 36.1 Å². The zero-order valence-electron chi connectivity index (χ0n) is 19.1. The second kappa shape index (κ2) is 11.1. The van der Waals surface area contributed by atoms with Gasteiger partial charge in [-0.2, -0.15) is 0 Å². The number of thioether (sulfide) groups is 1. The molecule has 1 amide bonds. The summed E-state index contributed by atoms with van der Waals surface area (Å²) in [5, 5.41) is 11.0. The highest BCUT2D eigenvalue weighted by atomic mass is 32.2. The highest BCUT2D eigenvalue weighted by Crippen LogP contribution is 2.36. The number of carbonyl (C=O) groups is 2. The number of benzene rings is 3. The second-order valence-corrected chi connectivity index (χ2v) is 9.27. The number of nitrogens with zero attached hydrogens (tertiary/aromatic N) is 2. The summed E-state index contributed by atoms with van der Waals surface area (Å²) in [4.78, 5) is 38.0. The Morgan fingerprint density at radius 1 is 1.08 bits per heavy atom. The Hall–Kier alpha value is -4.02. The number of carbonyl (C=O) groups excluding carboxylic acids is 2. The molecule has 1 saturated heterocycles. The molecule has 8 nitrogen and oxygen atoms in total. The summed E-state index contributed by atoms with van der Waals surface area (Å²) >= 11 is 6.64. The maximum absolute atomic E-state index is 13.0. The van der Waals surface area contributed by atoms with E-state index in [1.165, 1.54) is 30.0 Å². The number of ether oxygens (including phenoxy) is 2. The Morgan fingerprint density at radius 2 is 1.86 bits per heavy atom. The third kappa shape index (κ3) is 5.78. The fourth-order valence-corrected chi connectivity index (χ4v) is 4.68. The molecule has 36 heavy (non-hydrogen) atoms. The summed E-state index contributed by atoms with van der Waals surface area (Å²) in [6.07, 6.45) is 1.71. The lowest BCUT2D eigenvalue weighted by Gasteiger charge is -2.14. The van der Waals surface area contributed by atoms with Gasteiger partial charge in [0.15, 0.2) is 11.5 Å². The minimum atomic E-state index is -0.755. The average Bonchev–Trinajstić information content (AvgIpc) is 3.13. The number of nitro groups is 1. The van der Waals surface area contributed by atoms with Crippen molar-refractivity contribution in [3.8, 4) is 11.5 Å². The number of non-ortho nitro benzene ring substituents is 1. The molecule has 0 saturated carbocycles. The Bertz CT molecular complexity index is 1370. The zero-order valence-corrected chi connectivity index (χ0v) is 20.7. The number of hydrogen-bond donors (Lipinski definition) is 0. The molecule has 0 aliphatic carbocycles. The van der Waals surface area contributed by atoms with Crippen molar-refractivity contribution in [3.05, 3.63) is 105 Å². The number of thiocarbonyl (C=S) groups is 1. The van der Waals surface area contributed by atoms with E-state index in [0.717, 1.165) is 11.6 Å². The lowest BCUT2D eigenvalue weighted by atomic mass is 10.1. The first-order valence-corrected chi connectivity index (χ1v) is 12.1. The predicted octanol–water partition coefficient (Wildman–Crippen LogP) is 5.61. The third-order valence-electron chi connectivity index (χ3n) is 5.12. The van der Waals surface area contributed by atoms with Crippen LogP contribution in [0.4, 0.5) is 5.69 Å². The lowest BCUT2D eigenvalue weighted by Crippen LogP contribution is -2.27. The summed E-state index contributed by atoms with van der Waals surface area (Å²) in [5.41, 5.74) is 1.46. The third-order valence-corrected chi connectivity index (χ3v) is 6.50. The van der Waals surface area contributed by atoms with Gasteiger partial charge in [0.05, 0.1) is 28.5 Å². The highest BCUT2D eigenvalue weighted by Gasteiger charge is 2.32. The zero-order chi connectivity index (χ0) is 25.7. The first kappa shape index (κ1) is 25.1. The normalized spacial score (nSPS) is 14.2. The molecular formula is C26H20N2O6S2. The predicted molar refractivity (Wildman–Crippen MR) is 141 cm³/mol.